The summed E-state index contributed by atoms with van der Waals surface area (Å²) in [5.74, 6) is -0.404. The third kappa shape index (κ3) is 6.69. The quantitative estimate of drug-likeness (QED) is 0.775. The lowest BCUT2D eigenvalue weighted by Crippen LogP contribution is -2.56. The maximum absolute atomic E-state index is 12.2. The van der Waals surface area contributed by atoms with Crippen molar-refractivity contribution < 1.29 is 19.4 Å². The molecule has 0 unspecified atom stereocenters. The SMILES string of the molecule is CC(C)(C)OC(=O)NC(C)(C)C(=O)NC[C@H](O)c1ccccc1. The van der Waals surface area contributed by atoms with E-state index < -0.39 is 29.2 Å². The van der Waals surface area contributed by atoms with Gasteiger partial charge in [-0.25, -0.2) is 4.79 Å². The third-order valence-electron chi connectivity index (χ3n) is 3.02. The number of nitrogens with one attached hydrogen (secondary N) is 2. The number of carbonyl (C=O) groups excluding carboxylic acids is 2. The van der Waals surface area contributed by atoms with Crippen molar-refractivity contribution in [2.45, 2.75) is 51.9 Å². The summed E-state index contributed by atoms with van der Waals surface area (Å²) in [6, 6.07) is 9.03. The van der Waals surface area contributed by atoms with Crippen molar-refractivity contribution in [3.8, 4) is 0 Å². The fraction of sp³-hybridized carbons (Fsp3) is 0.529. The van der Waals surface area contributed by atoms with E-state index in [0.29, 0.717) is 5.56 Å². The van der Waals surface area contributed by atoms with Crippen LogP contribution in [0.2, 0.25) is 0 Å². The fourth-order valence-electron chi connectivity index (χ4n) is 1.82. The summed E-state index contributed by atoms with van der Waals surface area (Å²) < 4.78 is 5.14. The molecule has 0 aromatic heterocycles. The van der Waals surface area contributed by atoms with Crippen LogP contribution < -0.4 is 10.6 Å². The van der Waals surface area contributed by atoms with Gasteiger partial charge in [-0.15, -0.1) is 0 Å². The van der Waals surface area contributed by atoms with Crippen LogP contribution in [0.15, 0.2) is 30.3 Å². The second-order valence-corrected chi connectivity index (χ2v) is 6.89. The van der Waals surface area contributed by atoms with Gasteiger partial charge in [0.25, 0.3) is 0 Å². The molecule has 1 aromatic rings. The van der Waals surface area contributed by atoms with Gasteiger partial charge in [0.2, 0.25) is 5.91 Å². The highest BCUT2D eigenvalue weighted by atomic mass is 16.6. The molecule has 128 valence electrons. The van der Waals surface area contributed by atoms with Gasteiger partial charge in [0.05, 0.1) is 6.10 Å². The van der Waals surface area contributed by atoms with E-state index in [1.54, 1.807) is 46.8 Å². The largest absolute Gasteiger partial charge is 0.444 e. The Morgan fingerprint density at radius 3 is 2.22 bits per heavy atom. The Balaban J connectivity index is 2.53. The highest BCUT2D eigenvalue weighted by molar-refractivity contribution is 5.89. The van der Waals surface area contributed by atoms with Gasteiger partial charge in [0.15, 0.2) is 0 Å². The van der Waals surface area contributed by atoms with Crippen LogP contribution in [-0.4, -0.2) is 34.8 Å². The van der Waals surface area contributed by atoms with Crippen LogP contribution in [0.3, 0.4) is 0 Å². The van der Waals surface area contributed by atoms with Gasteiger partial charge in [-0.05, 0) is 40.2 Å². The number of ether oxygens (including phenoxy) is 1. The maximum Gasteiger partial charge on any atom is 0.408 e. The van der Waals surface area contributed by atoms with Crippen LogP contribution in [0.25, 0.3) is 0 Å². The molecule has 0 aliphatic carbocycles. The van der Waals surface area contributed by atoms with Gasteiger partial charge < -0.3 is 20.5 Å². The summed E-state index contributed by atoms with van der Waals surface area (Å²) in [4.78, 5) is 24.0. The lowest BCUT2D eigenvalue weighted by atomic mass is 10.0. The number of carbonyl (C=O) groups is 2. The molecule has 0 spiro atoms. The van der Waals surface area contributed by atoms with Crippen molar-refractivity contribution in [1.29, 1.82) is 0 Å². The first-order chi connectivity index (χ1) is 10.5. The third-order valence-corrected chi connectivity index (χ3v) is 3.02. The molecular weight excluding hydrogens is 296 g/mol. The summed E-state index contributed by atoms with van der Waals surface area (Å²) in [5.41, 5.74) is -1.08. The lowest BCUT2D eigenvalue weighted by molar-refractivity contribution is -0.126. The van der Waals surface area contributed by atoms with Crippen LogP contribution in [-0.2, 0) is 9.53 Å². The molecule has 0 heterocycles. The van der Waals surface area contributed by atoms with E-state index >= 15 is 0 Å². The van der Waals surface area contributed by atoms with Crippen LogP contribution in [0, 0.1) is 0 Å². The Morgan fingerprint density at radius 1 is 1.13 bits per heavy atom. The predicted octanol–water partition coefficient (Wildman–Crippen LogP) is 2.14. The molecule has 0 radical (unpaired) electrons. The number of rotatable bonds is 5. The number of aliphatic hydroxyl groups is 1. The first-order valence-corrected chi connectivity index (χ1v) is 7.54. The van der Waals surface area contributed by atoms with Crippen molar-refractivity contribution in [1.82, 2.24) is 10.6 Å². The van der Waals surface area contributed by atoms with Crippen LogP contribution in [0.4, 0.5) is 4.79 Å². The molecule has 23 heavy (non-hydrogen) atoms. The molecule has 1 atom stereocenters. The van der Waals surface area contributed by atoms with Crippen LogP contribution >= 0.6 is 0 Å². The van der Waals surface area contributed by atoms with E-state index in [2.05, 4.69) is 10.6 Å². The minimum Gasteiger partial charge on any atom is -0.444 e. The van der Waals surface area contributed by atoms with Crippen molar-refractivity contribution in [3.05, 3.63) is 35.9 Å². The Kier molecular flexibility index (Phi) is 6.15. The van der Waals surface area contributed by atoms with Crippen molar-refractivity contribution in [2.75, 3.05) is 6.54 Å². The topological polar surface area (TPSA) is 87.7 Å². The van der Waals surface area contributed by atoms with E-state index in [4.69, 9.17) is 4.74 Å². The van der Waals surface area contributed by atoms with E-state index in [0.717, 1.165) is 0 Å². The fourth-order valence-corrected chi connectivity index (χ4v) is 1.82. The molecular formula is C17H26N2O4. The van der Waals surface area contributed by atoms with Crippen molar-refractivity contribution in [3.63, 3.8) is 0 Å². The molecule has 1 aromatic carbocycles. The molecule has 0 aliphatic rings. The molecule has 3 N–H and O–H groups in total. The zero-order valence-electron chi connectivity index (χ0n) is 14.3. The molecule has 6 heteroatoms. The molecule has 0 bridgehead atoms. The van der Waals surface area contributed by atoms with E-state index in [-0.39, 0.29) is 6.54 Å². The van der Waals surface area contributed by atoms with E-state index in [1.807, 2.05) is 18.2 Å². The summed E-state index contributed by atoms with van der Waals surface area (Å²) >= 11 is 0. The summed E-state index contributed by atoms with van der Waals surface area (Å²) in [5, 5.41) is 15.2. The first kappa shape index (κ1) is 19.0. The second-order valence-electron chi connectivity index (χ2n) is 6.89. The maximum atomic E-state index is 12.2. The monoisotopic (exact) mass is 322 g/mol. The Bertz CT molecular complexity index is 535. The Hall–Kier alpha value is -2.08. The number of alkyl carbamates (subject to hydrolysis) is 1. The summed E-state index contributed by atoms with van der Waals surface area (Å²) in [6.07, 6.45) is -1.47. The Labute approximate surface area is 137 Å². The van der Waals surface area contributed by atoms with E-state index in [9.17, 15) is 14.7 Å². The van der Waals surface area contributed by atoms with Gasteiger partial charge in [-0.3, -0.25) is 4.79 Å². The minimum absolute atomic E-state index is 0.0578. The Morgan fingerprint density at radius 2 is 1.70 bits per heavy atom. The van der Waals surface area contributed by atoms with Crippen LogP contribution in [0.5, 0.6) is 0 Å². The lowest BCUT2D eigenvalue weighted by Gasteiger charge is -2.28. The molecule has 0 aliphatic heterocycles. The number of hydrogen-bond donors (Lipinski definition) is 3. The average Bonchev–Trinajstić information content (AvgIpc) is 2.42. The summed E-state index contributed by atoms with van der Waals surface area (Å²) in [6.45, 7) is 8.44. The number of aliphatic hydroxyl groups excluding tert-OH is 1. The highest BCUT2D eigenvalue weighted by Crippen LogP contribution is 2.12. The number of hydrogen-bond acceptors (Lipinski definition) is 4. The van der Waals surface area contributed by atoms with Gasteiger partial charge in [0, 0.05) is 6.54 Å². The molecule has 0 saturated heterocycles. The van der Waals surface area contributed by atoms with E-state index in [1.165, 1.54) is 0 Å². The number of benzene rings is 1. The second kappa shape index (κ2) is 7.46. The molecule has 1 rings (SSSR count). The van der Waals surface area contributed by atoms with Crippen molar-refractivity contribution >= 4 is 12.0 Å². The smallest absolute Gasteiger partial charge is 0.408 e. The van der Waals surface area contributed by atoms with Crippen LogP contribution in [0.1, 0.15) is 46.3 Å². The zero-order valence-corrected chi connectivity index (χ0v) is 14.3. The zero-order chi connectivity index (χ0) is 17.7. The predicted molar refractivity (Wildman–Crippen MR) is 87.9 cm³/mol. The number of amides is 2. The normalized spacial score (nSPS) is 13.1. The molecule has 0 fully saturated rings. The standard InChI is InChI=1S/C17H26N2O4/c1-16(2,3)23-15(22)19-17(4,5)14(21)18-11-13(20)12-9-7-6-8-10-12/h6-10,13,20H,11H2,1-5H3,(H,18,21)(H,19,22)/t13-/m0/s1. The van der Waals surface area contributed by atoms with Gasteiger partial charge in [0.1, 0.15) is 11.1 Å². The van der Waals surface area contributed by atoms with Gasteiger partial charge >= 0.3 is 6.09 Å². The summed E-state index contributed by atoms with van der Waals surface area (Å²) in [7, 11) is 0. The minimum atomic E-state index is -1.15. The first-order valence-electron chi connectivity index (χ1n) is 7.54. The van der Waals surface area contributed by atoms with Gasteiger partial charge in [-0.1, -0.05) is 30.3 Å². The van der Waals surface area contributed by atoms with Crippen molar-refractivity contribution in [2.24, 2.45) is 0 Å². The molecule has 2 amide bonds. The molecule has 0 saturated carbocycles. The molecule has 6 nitrogen and oxygen atoms in total. The van der Waals surface area contributed by atoms with Gasteiger partial charge in [-0.2, -0.15) is 0 Å². The highest BCUT2D eigenvalue weighted by Gasteiger charge is 2.31. The average molecular weight is 322 g/mol.